The van der Waals surface area contributed by atoms with Crippen molar-refractivity contribution in [3.8, 4) is 5.75 Å². The minimum atomic E-state index is -0.00577. The molecule has 1 saturated carbocycles. The zero-order chi connectivity index (χ0) is 13.8. The molecule has 3 rings (SSSR count). The number of ether oxygens (including phenoxy) is 1. The lowest BCUT2D eigenvalue weighted by Gasteiger charge is -2.27. The monoisotopic (exact) mass is 274 g/mol. The molecule has 20 heavy (non-hydrogen) atoms. The molecular weight excluding hydrogens is 252 g/mol. The molecule has 2 fully saturated rings. The molecule has 1 aromatic carbocycles. The van der Waals surface area contributed by atoms with Crippen molar-refractivity contribution in [2.24, 2.45) is 5.92 Å². The average molecular weight is 274 g/mol. The number of hydrogen-bond donors (Lipinski definition) is 2. The van der Waals surface area contributed by atoms with Gasteiger partial charge in [-0.1, -0.05) is 6.07 Å². The smallest absolute Gasteiger partial charge is 0.251 e. The number of hydrogen-bond acceptors (Lipinski definition) is 3. The maximum absolute atomic E-state index is 12.1. The van der Waals surface area contributed by atoms with Gasteiger partial charge in [0.1, 0.15) is 5.75 Å². The Morgan fingerprint density at radius 1 is 1.30 bits per heavy atom. The van der Waals surface area contributed by atoms with Crippen LogP contribution >= 0.6 is 0 Å². The van der Waals surface area contributed by atoms with Crippen LogP contribution in [0.4, 0.5) is 0 Å². The Hall–Kier alpha value is -1.55. The molecule has 2 aliphatic rings. The van der Waals surface area contributed by atoms with E-state index in [4.69, 9.17) is 4.74 Å². The fraction of sp³-hybridized carbons (Fsp3) is 0.562. The van der Waals surface area contributed by atoms with E-state index in [1.807, 2.05) is 24.3 Å². The quantitative estimate of drug-likeness (QED) is 0.863. The summed E-state index contributed by atoms with van der Waals surface area (Å²) in [6.07, 6.45) is 5.09. The first-order chi connectivity index (χ1) is 9.81. The predicted octanol–water partition coefficient (Wildman–Crippen LogP) is 1.96. The largest absolute Gasteiger partial charge is 0.490 e. The molecule has 4 heteroatoms. The third-order valence-electron chi connectivity index (χ3n) is 4.12. The summed E-state index contributed by atoms with van der Waals surface area (Å²) >= 11 is 0. The molecule has 0 spiro atoms. The molecule has 108 valence electrons. The van der Waals surface area contributed by atoms with Crippen LogP contribution in [0, 0.1) is 5.92 Å². The molecule has 2 N–H and O–H groups in total. The summed E-state index contributed by atoms with van der Waals surface area (Å²) in [7, 11) is 0. The zero-order valence-electron chi connectivity index (χ0n) is 11.7. The topological polar surface area (TPSA) is 50.4 Å². The summed E-state index contributed by atoms with van der Waals surface area (Å²) < 4.78 is 5.93. The summed E-state index contributed by atoms with van der Waals surface area (Å²) in [5.74, 6) is 1.39. The van der Waals surface area contributed by atoms with E-state index in [-0.39, 0.29) is 5.91 Å². The van der Waals surface area contributed by atoms with Crippen LogP contribution in [0.3, 0.4) is 0 Å². The summed E-state index contributed by atoms with van der Waals surface area (Å²) in [5, 5.41) is 6.19. The van der Waals surface area contributed by atoms with Crippen LogP contribution in [-0.4, -0.2) is 31.6 Å². The zero-order valence-corrected chi connectivity index (χ0v) is 11.7. The van der Waals surface area contributed by atoms with Crippen molar-refractivity contribution in [2.45, 2.75) is 31.8 Å². The average Bonchev–Trinajstić information content (AvgIpc) is 2.90. The van der Waals surface area contributed by atoms with Crippen LogP contribution < -0.4 is 15.4 Å². The summed E-state index contributed by atoms with van der Waals surface area (Å²) in [4.78, 5) is 12.1. The Bertz CT molecular complexity index is 465. The van der Waals surface area contributed by atoms with Gasteiger partial charge in [-0.25, -0.2) is 0 Å². The second-order valence-electron chi connectivity index (χ2n) is 5.79. The van der Waals surface area contributed by atoms with E-state index in [0.29, 0.717) is 17.6 Å². The number of carbonyl (C=O) groups excluding carboxylic acids is 1. The summed E-state index contributed by atoms with van der Waals surface area (Å²) in [6.45, 7) is 2.76. The minimum Gasteiger partial charge on any atom is -0.490 e. The third-order valence-corrected chi connectivity index (χ3v) is 4.12. The van der Waals surface area contributed by atoms with Gasteiger partial charge in [0, 0.05) is 31.1 Å². The van der Waals surface area contributed by atoms with Gasteiger partial charge in [0.05, 0.1) is 6.10 Å². The molecule has 0 aromatic heterocycles. The lowest BCUT2D eigenvalue weighted by Crippen LogP contribution is -2.48. The number of amides is 1. The van der Waals surface area contributed by atoms with E-state index < -0.39 is 0 Å². The number of rotatable bonds is 5. The van der Waals surface area contributed by atoms with Gasteiger partial charge in [-0.2, -0.15) is 0 Å². The lowest BCUT2D eigenvalue weighted by atomic mass is 10.0. The highest BCUT2D eigenvalue weighted by Gasteiger charge is 2.19. The van der Waals surface area contributed by atoms with Crippen molar-refractivity contribution >= 4 is 5.91 Å². The molecule has 4 nitrogen and oxygen atoms in total. The fourth-order valence-corrected chi connectivity index (χ4v) is 2.74. The van der Waals surface area contributed by atoms with E-state index in [1.165, 1.54) is 12.8 Å². The highest BCUT2D eigenvalue weighted by atomic mass is 16.5. The second kappa shape index (κ2) is 6.27. The van der Waals surface area contributed by atoms with E-state index in [0.717, 1.165) is 38.2 Å². The molecule has 1 aromatic rings. The Kier molecular flexibility index (Phi) is 4.21. The Morgan fingerprint density at radius 2 is 2.10 bits per heavy atom. The van der Waals surface area contributed by atoms with Crippen molar-refractivity contribution in [3.63, 3.8) is 0 Å². The molecule has 1 aliphatic carbocycles. The van der Waals surface area contributed by atoms with Gasteiger partial charge in [-0.15, -0.1) is 0 Å². The molecule has 1 amide bonds. The summed E-state index contributed by atoms with van der Waals surface area (Å²) in [5.41, 5.74) is 0.688. The van der Waals surface area contributed by atoms with E-state index in [9.17, 15) is 4.79 Å². The van der Waals surface area contributed by atoms with E-state index in [2.05, 4.69) is 10.6 Å². The highest BCUT2D eigenvalue weighted by Crippen LogP contribution is 2.24. The van der Waals surface area contributed by atoms with Crippen molar-refractivity contribution in [1.29, 1.82) is 0 Å². The van der Waals surface area contributed by atoms with Gasteiger partial charge < -0.3 is 15.4 Å². The summed E-state index contributed by atoms with van der Waals surface area (Å²) in [6, 6.07) is 7.53. The van der Waals surface area contributed by atoms with Crippen molar-refractivity contribution in [3.05, 3.63) is 29.8 Å². The lowest BCUT2D eigenvalue weighted by molar-refractivity contribution is 0.0941. The molecule has 1 saturated heterocycles. The highest BCUT2D eigenvalue weighted by molar-refractivity contribution is 5.94. The van der Waals surface area contributed by atoms with E-state index in [1.54, 1.807) is 0 Å². The Morgan fingerprint density at radius 3 is 2.80 bits per heavy atom. The van der Waals surface area contributed by atoms with Crippen molar-refractivity contribution in [1.82, 2.24) is 10.6 Å². The van der Waals surface area contributed by atoms with Crippen molar-refractivity contribution in [2.75, 3.05) is 19.6 Å². The van der Waals surface area contributed by atoms with Gasteiger partial charge in [-0.3, -0.25) is 4.79 Å². The predicted molar refractivity (Wildman–Crippen MR) is 78.0 cm³/mol. The molecule has 1 heterocycles. The molecule has 1 aliphatic heterocycles. The standard InChI is InChI=1S/C16H22N2O2/c19-16(18-11-12-9-17-10-12)13-4-3-7-15(8-13)20-14-5-1-2-6-14/h3-4,7-8,12,14,17H,1-2,5-6,9-11H2,(H,18,19). The Labute approximate surface area is 119 Å². The van der Waals surface area contributed by atoms with Gasteiger partial charge in [0.15, 0.2) is 0 Å². The fourth-order valence-electron chi connectivity index (χ4n) is 2.74. The number of nitrogens with one attached hydrogen (secondary N) is 2. The second-order valence-corrected chi connectivity index (χ2v) is 5.79. The molecule has 0 bridgehead atoms. The van der Waals surface area contributed by atoms with E-state index >= 15 is 0 Å². The molecule has 0 atom stereocenters. The normalized spacial score (nSPS) is 19.6. The van der Waals surface area contributed by atoms with Crippen LogP contribution in [-0.2, 0) is 0 Å². The third kappa shape index (κ3) is 3.31. The Balaban J connectivity index is 1.56. The maximum Gasteiger partial charge on any atom is 0.251 e. The van der Waals surface area contributed by atoms with Crippen LogP contribution in [0.25, 0.3) is 0 Å². The molecular formula is C16H22N2O2. The van der Waals surface area contributed by atoms with Gasteiger partial charge in [0.2, 0.25) is 0 Å². The van der Waals surface area contributed by atoms with Gasteiger partial charge in [0.25, 0.3) is 5.91 Å². The first-order valence-corrected chi connectivity index (χ1v) is 7.57. The van der Waals surface area contributed by atoms with Gasteiger partial charge in [-0.05, 0) is 43.9 Å². The SMILES string of the molecule is O=C(NCC1CNC1)c1cccc(OC2CCCC2)c1. The minimum absolute atomic E-state index is 0.00577. The molecule has 0 unspecified atom stereocenters. The van der Waals surface area contributed by atoms with Gasteiger partial charge >= 0.3 is 0 Å². The first kappa shape index (κ1) is 13.4. The molecule has 0 radical (unpaired) electrons. The van der Waals surface area contributed by atoms with Crippen LogP contribution in [0.15, 0.2) is 24.3 Å². The van der Waals surface area contributed by atoms with Crippen LogP contribution in [0.5, 0.6) is 5.75 Å². The maximum atomic E-state index is 12.1. The van der Waals surface area contributed by atoms with Crippen molar-refractivity contribution < 1.29 is 9.53 Å². The van der Waals surface area contributed by atoms with Crippen LogP contribution in [0.1, 0.15) is 36.0 Å². The number of benzene rings is 1. The van der Waals surface area contributed by atoms with Crippen LogP contribution in [0.2, 0.25) is 0 Å². The first-order valence-electron chi connectivity index (χ1n) is 7.57. The number of carbonyl (C=O) groups is 1.